The van der Waals surface area contributed by atoms with E-state index in [1.807, 2.05) is 18.2 Å². The number of amides is 1. The van der Waals surface area contributed by atoms with Crippen LogP contribution < -0.4 is 10.5 Å². The predicted octanol–water partition coefficient (Wildman–Crippen LogP) is 1.81. The molecule has 5 heteroatoms. The van der Waals surface area contributed by atoms with Gasteiger partial charge in [0.25, 0.3) is 5.91 Å². The topological polar surface area (TPSA) is 55.6 Å². The van der Waals surface area contributed by atoms with Crippen molar-refractivity contribution in [2.24, 2.45) is 5.73 Å². The Morgan fingerprint density at radius 1 is 1.50 bits per heavy atom. The fraction of sp³-hybridized carbons (Fsp3) is 0.462. The lowest BCUT2D eigenvalue weighted by molar-refractivity contribution is -0.135. The number of hydrogen-bond donors (Lipinski definition) is 1. The predicted molar refractivity (Wildman–Crippen MR) is 75.7 cm³/mol. The number of halogens is 1. The van der Waals surface area contributed by atoms with Gasteiger partial charge in [-0.2, -0.15) is 0 Å². The molecule has 0 saturated carbocycles. The van der Waals surface area contributed by atoms with Gasteiger partial charge in [-0.15, -0.1) is 0 Å². The number of carbonyl (C=O) groups excluding carboxylic acids is 1. The van der Waals surface area contributed by atoms with Gasteiger partial charge in [0, 0.05) is 18.6 Å². The molecule has 0 aromatic heterocycles. The summed E-state index contributed by atoms with van der Waals surface area (Å²) >= 11 is 3.46. The molecule has 0 aliphatic heterocycles. The van der Waals surface area contributed by atoms with Gasteiger partial charge in [0.05, 0.1) is 0 Å². The molecule has 0 aliphatic rings. The van der Waals surface area contributed by atoms with Crippen LogP contribution in [0.2, 0.25) is 0 Å². The maximum atomic E-state index is 11.7. The second-order valence-electron chi connectivity index (χ2n) is 4.28. The number of benzene rings is 1. The molecule has 0 fully saturated rings. The molecule has 100 valence electrons. The highest BCUT2D eigenvalue weighted by molar-refractivity contribution is 9.10. The zero-order chi connectivity index (χ0) is 13.7. The van der Waals surface area contributed by atoms with E-state index in [0.717, 1.165) is 16.5 Å². The molecule has 2 N–H and O–H groups in total. The first-order valence-electron chi connectivity index (χ1n) is 5.82. The first kappa shape index (κ1) is 15.0. The van der Waals surface area contributed by atoms with Gasteiger partial charge in [0.15, 0.2) is 6.10 Å². The zero-order valence-corrected chi connectivity index (χ0v) is 12.5. The Bertz CT molecular complexity index is 421. The Morgan fingerprint density at radius 3 is 2.72 bits per heavy atom. The molecule has 0 radical (unpaired) electrons. The van der Waals surface area contributed by atoms with Crippen molar-refractivity contribution in [3.05, 3.63) is 28.2 Å². The van der Waals surface area contributed by atoms with Gasteiger partial charge in [-0.1, -0.05) is 15.9 Å². The summed E-state index contributed by atoms with van der Waals surface area (Å²) in [7, 11) is 3.42. The summed E-state index contributed by atoms with van der Waals surface area (Å²) < 4.78 is 6.63. The van der Waals surface area contributed by atoms with Crippen molar-refractivity contribution < 1.29 is 9.53 Å². The molecular formula is C13H19BrN2O2. The van der Waals surface area contributed by atoms with Crippen molar-refractivity contribution in [3.63, 3.8) is 0 Å². The van der Waals surface area contributed by atoms with E-state index >= 15 is 0 Å². The molecule has 0 bridgehead atoms. The lowest BCUT2D eigenvalue weighted by atomic mass is 10.1. The molecule has 0 heterocycles. The molecule has 0 aliphatic carbocycles. The van der Waals surface area contributed by atoms with Crippen LogP contribution >= 0.6 is 15.9 Å². The van der Waals surface area contributed by atoms with Gasteiger partial charge >= 0.3 is 0 Å². The molecular weight excluding hydrogens is 296 g/mol. The Balaban J connectivity index is 2.79. The van der Waals surface area contributed by atoms with Crippen LogP contribution in [0.3, 0.4) is 0 Å². The highest BCUT2D eigenvalue weighted by Crippen LogP contribution is 2.23. The summed E-state index contributed by atoms with van der Waals surface area (Å²) in [5, 5.41) is 0. The Hall–Kier alpha value is -1.07. The summed E-state index contributed by atoms with van der Waals surface area (Å²) in [6.07, 6.45) is 0.278. The standard InChI is InChI=1S/C13H19BrN2O2/c1-9(13(17)16(2)3)18-11-4-5-12(14)10(8-11)6-7-15/h4-5,8-9H,6-7,15H2,1-3H3. The monoisotopic (exact) mass is 314 g/mol. The van der Waals surface area contributed by atoms with Crippen LogP contribution in [0.4, 0.5) is 0 Å². The van der Waals surface area contributed by atoms with E-state index in [9.17, 15) is 4.79 Å². The van der Waals surface area contributed by atoms with Crippen molar-refractivity contribution in [2.45, 2.75) is 19.4 Å². The fourth-order valence-corrected chi connectivity index (χ4v) is 2.03. The first-order valence-corrected chi connectivity index (χ1v) is 6.61. The second-order valence-corrected chi connectivity index (χ2v) is 5.14. The largest absolute Gasteiger partial charge is 0.481 e. The maximum absolute atomic E-state index is 11.7. The number of nitrogens with two attached hydrogens (primary N) is 1. The van der Waals surface area contributed by atoms with E-state index in [-0.39, 0.29) is 5.91 Å². The first-order chi connectivity index (χ1) is 8.45. The smallest absolute Gasteiger partial charge is 0.262 e. The fourth-order valence-electron chi connectivity index (χ4n) is 1.59. The minimum Gasteiger partial charge on any atom is -0.481 e. The van der Waals surface area contributed by atoms with E-state index < -0.39 is 6.10 Å². The van der Waals surface area contributed by atoms with Gasteiger partial charge in [0.1, 0.15) is 5.75 Å². The zero-order valence-electron chi connectivity index (χ0n) is 10.9. The average molecular weight is 315 g/mol. The molecule has 1 unspecified atom stereocenters. The lowest BCUT2D eigenvalue weighted by Crippen LogP contribution is -2.35. The number of carbonyl (C=O) groups is 1. The number of ether oxygens (including phenoxy) is 1. The van der Waals surface area contributed by atoms with Gasteiger partial charge in [0.2, 0.25) is 0 Å². The van der Waals surface area contributed by atoms with Gasteiger partial charge in [-0.25, -0.2) is 0 Å². The minimum absolute atomic E-state index is 0.0571. The summed E-state index contributed by atoms with van der Waals surface area (Å²) in [5.74, 6) is 0.627. The molecule has 18 heavy (non-hydrogen) atoms. The van der Waals surface area contributed by atoms with E-state index in [0.29, 0.717) is 12.3 Å². The molecule has 0 spiro atoms. The van der Waals surface area contributed by atoms with E-state index in [4.69, 9.17) is 10.5 Å². The van der Waals surface area contributed by atoms with Crippen LogP contribution in [0.5, 0.6) is 5.75 Å². The quantitative estimate of drug-likeness (QED) is 0.901. The third-order valence-corrected chi connectivity index (χ3v) is 3.31. The summed E-state index contributed by atoms with van der Waals surface area (Å²) in [4.78, 5) is 13.2. The lowest BCUT2D eigenvalue weighted by Gasteiger charge is -2.18. The SMILES string of the molecule is CC(Oc1ccc(Br)c(CCN)c1)C(=O)N(C)C. The van der Waals surface area contributed by atoms with Gasteiger partial charge < -0.3 is 15.4 Å². The van der Waals surface area contributed by atoms with E-state index in [1.54, 1.807) is 21.0 Å². The van der Waals surface area contributed by atoms with E-state index in [1.165, 1.54) is 4.90 Å². The highest BCUT2D eigenvalue weighted by Gasteiger charge is 2.16. The Morgan fingerprint density at radius 2 is 2.17 bits per heavy atom. The maximum Gasteiger partial charge on any atom is 0.262 e. The third-order valence-electron chi connectivity index (χ3n) is 2.53. The summed E-state index contributed by atoms with van der Waals surface area (Å²) in [5.41, 5.74) is 6.63. The summed E-state index contributed by atoms with van der Waals surface area (Å²) in [6.45, 7) is 2.32. The Kier molecular flexibility index (Phi) is 5.62. The molecule has 4 nitrogen and oxygen atoms in total. The normalized spacial score (nSPS) is 12.1. The second kappa shape index (κ2) is 6.75. The van der Waals surface area contributed by atoms with Gasteiger partial charge in [-0.05, 0) is 43.7 Å². The number of nitrogens with zero attached hydrogens (tertiary/aromatic N) is 1. The van der Waals surface area contributed by atoms with Crippen LogP contribution in [-0.4, -0.2) is 37.6 Å². The number of likely N-dealkylation sites (N-methyl/N-ethyl adjacent to an activating group) is 1. The van der Waals surface area contributed by atoms with E-state index in [2.05, 4.69) is 15.9 Å². The van der Waals surface area contributed by atoms with Crippen molar-refractivity contribution in [1.82, 2.24) is 4.90 Å². The highest BCUT2D eigenvalue weighted by atomic mass is 79.9. The van der Waals surface area contributed by atoms with Crippen molar-refractivity contribution in [3.8, 4) is 5.75 Å². The molecule has 1 amide bonds. The summed E-state index contributed by atoms with van der Waals surface area (Å²) in [6, 6.07) is 5.66. The van der Waals surface area contributed by atoms with Crippen LogP contribution in [0.25, 0.3) is 0 Å². The number of rotatable bonds is 5. The van der Waals surface area contributed by atoms with Gasteiger partial charge in [-0.3, -0.25) is 4.79 Å². The van der Waals surface area contributed by atoms with Crippen molar-refractivity contribution in [2.75, 3.05) is 20.6 Å². The molecule has 1 rings (SSSR count). The van der Waals surface area contributed by atoms with Crippen LogP contribution in [0, 0.1) is 0 Å². The molecule has 1 aromatic rings. The Labute approximate surface area is 116 Å². The average Bonchev–Trinajstić information content (AvgIpc) is 2.32. The third kappa shape index (κ3) is 3.99. The van der Waals surface area contributed by atoms with Crippen LogP contribution in [0.15, 0.2) is 22.7 Å². The molecule has 1 atom stereocenters. The van der Waals surface area contributed by atoms with Crippen LogP contribution in [0.1, 0.15) is 12.5 Å². The molecule has 1 aromatic carbocycles. The van der Waals surface area contributed by atoms with Crippen molar-refractivity contribution in [1.29, 1.82) is 0 Å². The molecule has 0 saturated heterocycles. The van der Waals surface area contributed by atoms with Crippen molar-refractivity contribution >= 4 is 21.8 Å². The number of hydrogen-bond acceptors (Lipinski definition) is 3. The minimum atomic E-state index is -0.494. The van der Waals surface area contributed by atoms with Crippen LogP contribution in [-0.2, 0) is 11.2 Å².